The molecule has 0 aromatic heterocycles. The SMILES string of the molecule is C=CCN1C(=O)C(I)C=[N+](CC=C)C1=O. The smallest absolute Gasteiger partial charge is 0.245 e. The van der Waals surface area contributed by atoms with E-state index >= 15 is 0 Å². The molecule has 5 heteroatoms. The number of carbonyl (C=O) groups is 2. The second-order valence-corrected chi connectivity index (χ2v) is 4.35. The van der Waals surface area contributed by atoms with Gasteiger partial charge in [0.25, 0.3) is 0 Å². The Labute approximate surface area is 102 Å². The number of carbonyl (C=O) groups excluding carboxylic acids is 2. The van der Waals surface area contributed by atoms with E-state index in [0.717, 1.165) is 0 Å². The molecule has 1 rings (SSSR count). The minimum absolute atomic E-state index is 0.194. The molecule has 0 N–H and O–H groups in total. The lowest BCUT2D eigenvalue weighted by molar-refractivity contribution is -0.421. The van der Waals surface area contributed by atoms with Crippen molar-refractivity contribution in [2.45, 2.75) is 3.92 Å². The van der Waals surface area contributed by atoms with Gasteiger partial charge in [0.05, 0.1) is 6.21 Å². The highest BCUT2D eigenvalue weighted by Crippen LogP contribution is 2.10. The summed E-state index contributed by atoms with van der Waals surface area (Å²) in [5, 5.41) is 0. The van der Waals surface area contributed by atoms with Gasteiger partial charge in [-0.1, -0.05) is 47.9 Å². The van der Waals surface area contributed by atoms with Crippen molar-refractivity contribution < 1.29 is 14.2 Å². The van der Waals surface area contributed by atoms with Crippen molar-refractivity contribution in [2.75, 3.05) is 13.1 Å². The molecule has 0 aliphatic carbocycles. The standard InChI is InChI=1S/C10H12IN2O2/c1-3-5-12-7-8(11)9(14)13(6-4-2)10(12)15/h3-4,7-8H,1-2,5-6H2/q+1. The fraction of sp³-hybridized carbons (Fsp3) is 0.300. The van der Waals surface area contributed by atoms with Gasteiger partial charge in [0.15, 0.2) is 3.92 Å². The van der Waals surface area contributed by atoms with Gasteiger partial charge in [0.2, 0.25) is 0 Å². The van der Waals surface area contributed by atoms with Crippen LogP contribution in [0.3, 0.4) is 0 Å². The number of alkyl halides is 1. The van der Waals surface area contributed by atoms with Crippen LogP contribution >= 0.6 is 22.6 Å². The van der Waals surface area contributed by atoms with Gasteiger partial charge in [-0.05, 0) is 0 Å². The maximum Gasteiger partial charge on any atom is 0.500 e. The third kappa shape index (κ3) is 2.53. The van der Waals surface area contributed by atoms with Crippen LogP contribution in [-0.4, -0.2) is 44.6 Å². The molecule has 80 valence electrons. The molecule has 0 spiro atoms. The highest BCUT2D eigenvalue weighted by Gasteiger charge is 2.40. The third-order valence-electron chi connectivity index (χ3n) is 1.93. The van der Waals surface area contributed by atoms with Gasteiger partial charge >= 0.3 is 11.9 Å². The van der Waals surface area contributed by atoms with E-state index in [-0.39, 0.29) is 22.4 Å². The van der Waals surface area contributed by atoms with Gasteiger partial charge < -0.3 is 0 Å². The van der Waals surface area contributed by atoms with Gasteiger partial charge in [-0.2, -0.15) is 14.3 Å². The van der Waals surface area contributed by atoms with Crippen molar-refractivity contribution in [3.63, 3.8) is 0 Å². The first-order valence-electron chi connectivity index (χ1n) is 4.44. The molecule has 4 nitrogen and oxygen atoms in total. The van der Waals surface area contributed by atoms with Crippen LogP contribution in [0.15, 0.2) is 25.3 Å². The van der Waals surface area contributed by atoms with Crippen LogP contribution in [0.5, 0.6) is 0 Å². The Hall–Kier alpha value is -0.980. The normalized spacial score (nSPS) is 21.3. The zero-order chi connectivity index (χ0) is 11.4. The van der Waals surface area contributed by atoms with Gasteiger partial charge in [0.1, 0.15) is 13.1 Å². The molecule has 0 saturated carbocycles. The van der Waals surface area contributed by atoms with Crippen molar-refractivity contribution in [1.29, 1.82) is 0 Å². The number of imide groups is 1. The van der Waals surface area contributed by atoms with Gasteiger partial charge in [-0.15, -0.1) is 0 Å². The molecule has 0 aromatic rings. The second-order valence-electron chi connectivity index (χ2n) is 3.01. The van der Waals surface area contributed by atoms with Crippen LogP contribution in [0.2, 0.25) is 0 Å². The fourth-order valence-electron chi connectivity index (χ4n) is 1.26. The Morgan fingerprint density at radius 3 is 2.67 bits per heavy atom. The Morgan fingerprint density at radius 1 is 1.47 bits per heavy atom. The summed E-state index contributed by atoms with van der Waals surface area (Å²) in [6.07, 6.45) is 4.78. The van der Waals surface area contributed by atoms with E-state index in [9.17, 15) is 9.59 Å². The molecular weight excluding hydrogens is 307 g/mol. The number of urea groups is 1. The summed E-state index contributed by atoms with van der Waals surface area (Å²) in [5.41, 5.74) is 0. The number of halogens is 1. The summed E-state index contributed by atoms with van der Waals surface area (Å²) in [4.78, 5) is 24.6. The summed E-state index contributed by atoms with van der Waals surface area (Å²) in [7, 11) is 0. The van der Waals surface area contributed by atoms with Crippen molar-refractivity contribution >= 4 is 40.7 Å². The maximum atomic E-state index is 11.8. The number of nitrogens with zero attached hydrogens (tertiary/aromatic N) is 2. The van der Waals surface area contributed by atoms with E-state index in [1.54, 1.807) is 12.3 Å². The Kier molecular flexibility index (Phi) is 4.19. The van der Waals surface area contributed by atoms with Crippen LogP contribution in [0, 0.1) is 0 Å². The van der Waals surface area contributed by atoms with E-state index in [1.165, 1.54) is 15.6 Å². The summed E-state index contributed by atoms with van der Waals surface area (Å²) >= 11 is 1.99. The van der Waals surface area contributed by atoms with Crippen LogP contribution in [0.25, 0.3) is 0 Å². The zero-order valence-electron chi connectivity index (χ0n) is 8.23. The van der Waals surface area contributed by atoms with Crippen molar-refractivity contribution in [2.24, 2.45) is 0 Å². The highest BCUT2D eigenvalue weighted by atomic mass is 127. The first-order valence-corrected chi connectivity index (χ1v) is 5.69. The Morgan fingerprint density at radius 2 is 2.13 bits per heavy atom. The van der Waals surface area contributed by atoms with E-state index < -0.39 is 0 Å². The third-order valence-corrected chi connectivity index (χ3v) is 2.78. The average molecular weight is 319 g/mol. The van der Waals surface area contributed by atoms with Crippen LogP contribution in [-0.2, 0) is 4.79 Å². The first kappa shape index (κ1) is 12.1. The van der Waals surface area contributed by atoms with E-state index in [4.69, 9.17) is 0 Å². The molecule has 0 saturated heterocycles. The van der Waals surface area contributed by atoms with Crippen molar-refractivity contribution in [3.05, 3.63) is 25.3 Å². The lowest BCUT2D eigenvalue weighted by Crippen LogP contribution is -2.51. The summed E-state index contributed by atoms with van der Waals surface area (Å²) in [5.74, 6) is -0.194. The van der Waals surface area contributed by atoms with E-state index in [2.05, 4.69) is 13.2 Å². The van der Waals surface area contributed by atoms with Gasteiger partial charge in [0, 0.05) is 0 Å². The average Bonchev–Trinajstić information content (AvgIpc) is 2.21. The molecule has 0 radical (unpaired) electrons. The minimum Gasteiger partial charge on any atom is -0.245 e. The molecule has 1 aliphatic rings. The molecule has 3 amide bonds. The maximum absolute atomic E-state index is 11.8. The summed E-state index contributed by atoms with van der Waals surface area (Å²) in [6, 6.07) is -0.312. The molecule has 1 heterocycles. The van der Waals surface area contributed by atoms with E-state index in [0.29, 0.717) is 6.54 Å². The molecule has 15 heavy (non-hydrogen) atoms. The lowest BCUT2D eigenvalue weighted by Gasteiger charge is -2.19. The molecule has 1 unspecified atom stereocenters. The molecule has 0 fully saturated rings. The molecule has 0 aromatic carbocycles. The molecule has 0 bridgehead atoms. The van der Waals surface area contributed by atoms with Crippen molar-refractivity contribution in [1.82, 2.24) is 4.90 Å². The van der Waals surface area contributed by atoms with Crippen LogP contribution in [0.1, 0.15) is 0 Å². The predicted octanol–water partition coefficient (Wildman–Crippen LogP) is 1.21. The van der Waals surface area contributed by atoms with E-state index in [1.807, 2.05) is 22.6 Å². The Bertz CT molecular complexity index is 349. The van der Waals surface area contributed by atoms with Crippen molar-refractivity contribution in [3.8, 4) is 0 Å². The van der Waals surface area contributed by atoms with Gasteiger partial charge in [-0.3, -0.25) is 0 Å². The monoisotopic (exact) mass is 319 g/mol. The van der Waals surface area contributed by atoms with Crippen LogP contribution < -0.4 is 0 Å². The molecular formula is C10H12IN2O2+. The summed E-state index contributed by atoms with van der Waals surface area (Å²) in [6.45, 7) is 7.75. The molecule has 1 aliphatic heterocycles. The predicted molar refractivity (Wildman–Crippen MR) is 66.5 cm³/mol. The Balaban J connectivity index is 2.98. The van der Waals surface area contributed by atoms with Gasteiger partial charge in [-0.25, -0.2) is 4.79 Å². The number of hydrogen-bond acceptors (Lipinski definition) is 2. The van der Waals surface area contributed by atoms with Crippen LogP contribution in [0.4, 0.5) is 4.79 Å². The quantitative estimate of drug-likeness (QED) is 0.338. The number of amides is 3. The largest absolute Gasteiger partial charge is 0.500 e. The first-order chi connectivity index (χ1) is 7.11. The second kappa shape index (κ2) is 5.20. The highest BCUT2D eigenvalue weighted by molar-refractivity contribution is 14.1. The lowest BCUT2D eigenvalue weighted by atomic mass is 10.3. The fourth-order valence-corrected chi connectivity index (χ4v) is 1.98. The topological polar surface area (TPSA) is 40.4 Å². The number of hydrogen-bond donors (Lipinski definition) is 0. The zero-order valence-corrected chi connectivity index (χ0v) is 10.4. The number of rotatable bonds is 4. The molecule has 1 atom stereocenters. The summed E-state index contributed by atoms with van der Waals surface area (Å²) < 4.78 is 1.18. The minimum atomic E-state index is -0.312.